The number of amides is 2. The molecule has 1 aromatic rings. The maximum absolute atomic E-state index is 11.7. The molecule has 0 bridgehead atoms. The average Bonchev–Trinajstić information content (AvgIpc) is 2.85. The van der Waals surface area contributed by atoms with E-state index in [0.29, 0.717) is 17.2 Å². The maximum atomic E-state index is 11.7. The van der Waals surface area contributed by atoms with Gasteiger partial charge in [-0.25, -0.2) is 10.9 Å². The molecule has 2 rings (SSSR count). The lowest BCUT2D eigenvalue weighted by Gasteiger charge is -2.06. The van der Waals surface area contributed by atoms with Crippen LogP contribution >= 0.6 is 11.6 Å². The first-order chi connectivity index (χ1) is 11.1. The Morgan fingerprint density at radius 3 is 2.83 bits per heavy atom. The Morgan fingerprint density at radius 2 is 2.17 bits per heavy atom. The smallest absolute Gasteiger partial charge is 0.248 e. The van der Waals surface area contributed by atoms with E-state index in [9.17, 15) is 9.59 Å². The highest BCUT2D eigenvalue weighted by Crippen LogP contribution is 2.13. The summed E-state index contributed by atoms with van der Waals surface area (Å²) in [6.45, 7) is 1.76. The normalized spacial score (nSPS) is 18.0. The molecule has 0 spiro atoms. The van der Waals surface area contributed by atoms with Gasteiger partial charge in [0.05, 0.1) is 17.2 Å². The second-order valence-electron chi connectivity index (χ2n) is 5.05. The number of carbonyl (C=O) groups excluding carboxylic acids is 2. The van der Waals surface area contributed by atoms with Gasteiger partial charge >= 0.3 is 0 Å². The molecule has 1 aliphatic rings. The predicted octanol–water partition coefficient (Wildman–Crippen LogP) is 2.27. The molecule has 0 fully saturated rings. The fraction of sp³-hybridized carbons (Fsp3) is 0.250. The van der Waals surface area contributed by atoms with Crippen molar-refractivity contribution in [2.45, 2.75) is 19.8 Å². The minimum Gasteiger partial charge on any atom is -0.273 e. The maximum Gasteiger partial charge on any atom is 0.248 e. The van der Waals surface area contributed by atoms with Crippen LogP contribution in [0.25, 0.3) is 6.08 Å². The summed E-state index contributed by atoms with van der Waals surface area (Å²) in [4.78, 5) is 23.2. The van der Waals surface area contributed by atoms with Crippen molar-refractivity contribution >= 4 is 41.4 Å². The first-order valence-corrected chi connectivity index (χ1v) is 7.52. The van der Waals surface area contributed by atoms with Crippen LogP contribution in [0.2, 0.25) is 0 Å². The summed E-state index contributed by atoms with van der Waals surface area (Å²) in [5.41, 5.74) is 6.41. The van der Waals surface area contributed by atoms with Crippen molar-refractivity contribution in [3.8, 4) is 0 Å². The molecule has 0 saturated heterocycles. The Kier molecular flexibility index (Phi) is 6.05. The molecule has 1 aliphatic heterocycles. The fourth-order valence-electron chi connectivity index (χ4n) is 2.07. The molecule has 0 aliphatic carbocycles. The molecular weight excluding hydrogens is 316 g/mol. The van der Waals surface area contributed by atoms with Crippen LogP contribution < -0.4 is 10.9 Å². The van der Waals surface area contributed by atoms with Crippen LogP contribution in [0.15, 0.2) is 45.6 Å². The van der Waals surface area contributed by atoms with Crippen molar-refractivity contribution in [2.75, 3.05) is 0 Å². The van der Waals surface area contributed by atoms with Crippen molar-refractivity contribution in [3.05, 3.63) is 40.9 Å². The van der Waals surface area contributed by atoms with Gasteiger partial charge in [0.25, 0.3) is 0 Å². The number of hydrogen-bond donors (Lipinski definition) is 2. The van der Waals surface area contributed by atoms with E-state index in [1.54, 1.807) is 13.0 Å². The van der Waals surface area contributed by atoms with Crippen LogP contribution in [0.5, 0.6) is 0 Å². The zero-order valence-electron chi connectivity index (χ0n) is 12.6. The summed E-state index contributed by atoms with van der Waals surface area (Å²) >= 11 is 6.01. The minimum atomic E-state index is -0.341. The van der Waals surface area contributed by atoms with Crippen LogP contribution in [0.3, 0.4) is 0 Å². The van der Waals surface area contributed by atoms with Gasteiger partial charge in [0, 0.05) is 12.1 Å². The van der Waals surface area contributed by atoms with E-state index < -0.39 is 0 Å². The van der Waals surface area contributed by atoms with Gasteiger partial charge in [0.15, 0.2) is 0 Å². The van der Waals surface area contributed by atoms with Crippen LogP contribution in [0.4, 0.5) is 0 Å². The van der Waals surface area contributed by atoms with Gasteiger partial charge in [0.1, 0.15) is 0 Å². The number of nitrogens with one attached hydrogen (secondary N) is 2. The number of allylic oxidation sites excluding steroid dienone is 1. The highest BCUT2D eigenvalue weighted by atomic mass is 35.5. The lowest BCUT2D eigenvalue weighted by Crippen LogP contribution is -2.25. The van der Waals surface area contributed by atoms with Crippen molar-refractivity contribution in [2.24, 2.45) is 16.1 Å². The van der Waals surface area contributed by atoms with E-state index in [4.69, 9.17) is 11.6 Å². The second kappa shape index (κ2) is 8.24. The number of hydrogen-bond acceptors (Lipinski definition) is 4. The minimum absolute atomic E-state index is 0.173. The average molecular weight is 333 g/mol. The molecule has 1 heterocycles. The van der Waals surface area contributed by atoms with E-state index in [1.807, 2.05) is 30.3 Å². The molecular formula is C16H17ClN4O2. The first kappa shape index (κ1) is 16.9. The molecule has 0 aromatic heterocycles. The largest absolute Gasteiger partial charge is 0.273 e. The first-order valence-electron chi connectivity index (χ1n) is 7.14. The molecule has 1 atom stereocenters. The van der Waals surface area contributed by atoms with E-state index in [0.717, 1.165) is 5.56 Å². The number of benzene rings is 1. The zero-order valence-corrected chi connectivity index (χ0v) is 13.4. The lowest BCUT2D eigenvalue weighted by atomic mass is 9.99. The summed E-state index contributed by atoms with van der Waals surface area (Å²) in [5.74, 6) is -0.795. The third kappa shape index (κ3) is 5.34. The van der Waals surface area contributed by atoms with Crippen molar-refractivity contribution < 1.29 is 9.59 Å². The lowest BCUT2D eigenvalue weighted by molar-refractivity contribution is -0.123. The Morgan fingerprint density at radius 1 is 1.43 bits per heavy atom. The number of nitrogens with zero attached hydrogens (tertiary/aromatic N) is 2. The summed E-state index contributed by atoms with van der Waals surface area (Å²) in [6.07, 6.45) is 3.68. The van der Waals surface area contributed by atoms with Crippen molar-refractivity contribution in [3.63, 3.8) is 0 Å². The van der Waals surface area contributed by atoms with Gasteiger partial charge < -0.3 is 0 Å². The summed E-state index contributed by atoms with van der Waals surface area (Å²) in [7, 11) is 0. The Labute approximate surface area is 139 Å². The summed E-state index contributed by atoms with van der Waals surface area (Å²) < 4.78 is 0. The summed E-state index contributed by atoms with van der Waals surface area (Å²) in [6, 6.07) is 9.53. The quantitative estimate of drug-likeness (QED) is 0.618. The van der Waals surface area contributed by atoms with Gasteiger partial charge in [-0.1, -0.05) is 41.9 Å². The molecule has 2 amide bonds. The Bertz CT molecular complexity index is 668. The highest BCUT2D eigenvalue weighted by molar-refractivity contribution is 6.41. The molecule has 2 N–H and O–H groups in total. The molecule has 1 aromatic carbocycles. The highest BCUT2D eigenvalue weighted by Gasteiger charge is 2.26. The topological polar surface area (TPSA) is 82.9 Å². The summed E-state index contributed by atoms with van der Waals surface area (Å²) in [5, 5.41) is 8.03. The van der Waals surface area contributed by atoms with Crippen LogP contribution in [0, 0.1) is 5.92 Å². The number of hydrazone groups is 2. The van der Waals surface area contributed by atoms with Crippen molar-refractivity contribution in [1.29, 1.82) is 0 Å². The van der Waals surface area contributed by atoms with Crippen LogP contribution in [-0.2, 0) is 9.59 Å². The Balaban J connectivity index is 1.77. The Hall–Kier alpha value is -2.47. The van der Waals surface area contributed by atoms with E-state index in [-0.39, 0.29) is 24.2 Å². The van der Waals surface area contributed by atoms with Crippen LogP contribution in [0.1, 0.15) is 25.3 Å². The third-order valence-corrected chi connectivity index (χ3v) is 3.51. The van der Waals surface area contributed by atoms with Gasteiger partial charge in [0.2, 0.25) is 11.8 Å². The number of halogens is 1. The monoisotopic (exact) mass is 332 g/mol. The van der Waals surface area contributed by atoms with Gasteiger partial charge in [-0.3, -0.25) is 9.59 Å². The number of carbonyl (C=O) groups is 2. The van der Waals surface area contributed by atoms with E-state index >= 15 is 0 Å². The molecule has 120 valence electrons. The van der Waals surface area contributed by atoms with E-state index in [2.05, 4.69) is 21.1 Å². The standard InChI is InChI=1S/C16H17ClN4O2/c1-11-14(16(23)21-19-11)7-8-15(22)20-18-10-13(17)9-12-5-3-2-4-6-12/h2-6,9-10,14H,7-8H2,1H3,(H,20,22)(H,21,23)/b13-9+,18-10?/t14-/m0/s1. The third-order valence-electron chi connectivity index (χ3n) is 3.30. The van der Waals surface area contributed by atoms with Gasteiger partial charge in [-0.05, 0) is 25.0 Å². The van der Waals surface area contributed by atoms with Gasteiger partial charge in [-0.2, -0.15) is 10.2 Å². The molecule has 0 unspecified atom stereocenters. The zero-order chi connectivity index (χ0) is 16.7. The SMILES string of the molecule is CC1=NNC(=O)[C@H]1CCC(=O)NN=C/C(Cl)=C\c1ccccc1. The molecule has 0 radical (unpaired) electrons. The molecule has 23 heavy (non-hydrogen) atoms. The van der Waals surface area contributed by atoms with Crippen molar-refractivity contribution in [1.82, 2.24) is 10.9 Å². The predicted molar refractivity (Wildman–Crippen MR) is 90.9 cm³/mol. The molecule has 6 nitrogen and oxygen atoms in total. The number of rotatable bonds is 6. The van der Waals surface area contributed by atoms with E-state index in [1.165, 1.54) is 6.21 Å². The molecule has 0 saturated carbocycles. The second-order valence-corrected chi connectivity index (χ2v) is 5.49. The molecule has 7 heteroatoms. The van der Waals surface area contributed by atoms with Crippen LogP contribution in [-0.4, -0.2) is 23.7 Å². The van der Waals surface area contributed by atoms with Gasteiger partial charge in [-0.15, -0.1) is 0 Å². The fourth-order valence-corrected chi connectivity index (χ4v) is 2.25.